The summed E-state index contributed by atoms with van der Waals surface area (Å²) in [5.74, 6) is 0. The van der Waals surface area contributed by atoms with Crippen LogP contribution in [0.15, 0.2) is 45.2 Å². The molecule has 0 unspecified atom stereocenters. The van der Waals surface area contributed by atoms with Crippen LogP contribution >= 0.6 is 11.3 Å². The minimum absolute atomic E-state index is 0.179. The Morgan fingerprint density at radius 3 is 3.00 bits per heavy atom. The molecule has 0 aliphatic heterocycles. The largest absolute Gasteiger partial charge is 0.448 e. The van der Waals surface area contributed by atoms with Gasteiger partial charge in [0.1, 0.15) is 11.1 Å². The number of hydrogen-bond acceptors (Lipinski definition) is 5. The summed E-state index contributed by atoms with van der Waals surface area (Å²) in [4.78, 5) is 21.3. The number of furan rings is 1. The van der Waals surface area contributed by atoms with Crippen molar-refractivity contribution in [3.8, 4) is 0 Å². The summed E-state index contributed by atoms with van der Waals surface area (Å²) in [6.07, 6.45) is 1.56. The van der Waals surface area contributed by atoms with Gasteiger partial charge in [0, 0.05) is 10.8 Å². The van der Waals surface area contributed by atoms with Crippen LogP contribution in [0.4, 0.5) is 0 Å². The fourth-order valence-electron chi connectivity index (χ4n) is 2.38. The van der Waals surface area contributed by atoms with Crippen LogP contribution in [0.2, 0.25) is 0 Å². The summed E-state index contributed by atoms with van der Waals surface area (Å²) >= 11 is 1.57. The number of aromatic nitrogens is 3. The Kier molecular flexibility index (Phi) is 2.65. The molecule has 0 saturated carbocycles. The van der Waals surface area contributed by atoms with E-state index in [9.17, 15) is 4.79 Å². The minimum atomic E-state index is -0.179. The van der Waals surface area contributed by atoms with Crippen LogP contribution in [0.3, 0.4) is 0 Å². The van der Waals surface area contributed by atoms with Crippen LogP contribution in [0.25, 0.3) is 22.1 Å². The molecule has 0 N–H and O–H groups in total. The molecule has 0 radical (unpaired) electrons. The van der Waals surface area contributed by atoms with Crippen molar-refractivity contribution in [2.24, 2.45) is 0 Å². The highest BCUT2D eigenvalue weighted by Gasteiger charge is 2.13. The van der Waals surface area contributed by atoms with Gasteiger partial charge in [-0.25, -0.2) is 9.97 Å². The van der Waals surface area contributed by atoms with E-state index >= 15 is 0 Å². The Bertz CT molecular complexity index is 1010. The highest BCUT2D eigenvalue weighted by molar-refractivity contribution is 7.09. The third kappa shape index (κ3) is 1.95. The molecular formula is C15H11N3O2S. The molecule has 0 atom stereocenters. The predicted molar refractivity (Wildman–Crippen MR) is 81.7 cm³/mol. The van der Waals surface area contributed by atoms with Gasteiger partial charge in [0.2, 0.25) is 5.58 Å². The van der Waals surface area contributed by atoms with Crippen molar-refractivity contribution in [1.29, 1.82) is 0 Å². The first kappa shape index (κ1) is 12.3. The second-order valence-electron chi connectivity index (χ2n) is 4.81. The maximum Gasteiger partial charge on any atom is 0.297 e. The van der Waals surface area contributed by atoms with E-state index in [1.54, 1.807) is 17.7 Å². The van der Waals surface area contributed by atoms with Gasteiger partial charge in [-0.1, -0.05) is 12.1 Å². The maximum atomic E-state index is 12.5. The molecule has 6 heteroatoms. The Morgan fingerprint density at radius 2 is 2.19 bits per heavy atom. The van der Waals surface area contributed by atoms with Gasteiger partial charge in [-0.15, -0.1) is 11.3 Å². The smallest absolute Gasteiger partial charge is 0.297 e. The number of para-hydroxylation sites is 1. The quantitative estimate of drug-likeness (QED) is 0.570. The number of rotatable bonds is 2. The van der Waals surface area contributed by atoms with Gasteiger partial charge in [-0.2, -0.15) is 0 Å². The molecule has 104 valence electrons. The van der Waals surface area contributed by atoms with Crippen molar-refractivity contribution in [3.05, 3.63) is 57.0 Å². The van der Waals surface area contributed by atoms with Crippen molar-refractivity contribution in [1.82, 2.24) is 14.5 Å². The normalized spacial score (nSPS) is 11.5. The molecule has 3 aromatic heterocycles. The second kappa shape index (κ2) is 4.53. The van der Waals surface area contributed by atoms with Gasteiger partial charge < -0.3 is 4.42 Å². The van der Waals surface area contributed by atoms with Crippen LogP contribution in [0.1, 0.15) is 10.7 Å². The van der Waals surface area contributed by atoms with Gasteiger partial charge in [0.15, 0.2) is 0 Å². The standard InChI is InChI=1S/C15H11N3O2S/c1-9-17-10(7-21-9)6-18-8-16-13-11-4-2-3-5-12(11)20-14(13)15(18)19/h2-5,7-8H,6H2,1H3. The van der Waals surface area contributed by atoms with Gasteiger partial charge in [-0.05, 0) is 19.1 Å². The van der Waals surface area contributed by atoms with E-state index in [1.807, 2.05) is 36.6 Å². The highest BCUT2D eigenvalue weighted by Crippen LogP contribution is 2.24. The van der Waals surface area contributed by atoms with Crippen molar-refractivity contribution in [2.45, 2.75) is 13.5 Å². The Hall–Kier alpha value is -2.47. The first-order valence-corrected chi connectivity index (χ1v) is 7.38. The van der Waals surface area contributed by atoms with E-state index in [0.717, 1.165) is 16.1 Å². The molecule has 0 aliphatic rings. The number of nitrogens with zero attached hydrogens (tertiary/aromatic N) is 3. The lowest BCUT2D eigenvalue weighted by atomic mass is 10.2. The fourth-order valence-corrected chi connectivity index (χ4v) is 2.99. The average molecular weight is 297 g/mol. The van der Waals surface area contributed by atoms with Crippen LogP contribution in [-0.4, -0.2) is 14.5 Å². The summed E-state index contributed by atoms with van der Waals surface area (Å²) in [6, 6.07) is 7.52. The van der Waals surface area contributed by atoms with Crippen LogP contribution in [0, 0.1) is 6.92 Å². The molecule has 0 amide bonds. The Balaban J connectivity index is 1.90. The number of benzene rings is 1. The van der Waals surface area contributed by atoms with E-state index in [-0.39, 0.29) is 5.56 Å². The lowest BCUT2D eigenvalue weighted by Crippen LogP contribution is -2.20. The lowest BCUT2D eigenvalue weighted by Gasteiger charge is -2.01. The third-order valence-electron chi connectivity index (χ3n) is 3.35. The number of thiazole rings is 1. The van der Waals surface area contributed by atoms with E-state index in [1.165, 1.54) is 4.57 Å². The Morgan fingerprint density at radius 1 is 1.33 bits per heavy atom. The van der Waals surface area contributed by atoms with Gasteiger partial charge in [0.25, 0.3) is 5.56 Å². The van der Waals surface area contributed by atoms with Gasteiger partial charge in [0.05, 0.1) is 23.6 Å². The summed E-state index contributed by atoms with van der Waals surface area (Å²) in [6.45, 7) is 2.35. The first-order valence-electron chi connectivity index (χ1n) is 6.50. The molecule has 3 heterocycles. The van der Waals surface area contributed by atoms with Crippen molar-refractivity contribution in [3.63, 3.8) is 0 Å². The minimum Gasteiger partial charge on any atom is -0.448 e. The molecule has 21 heavy (non-hydrogen) atoms. The zero-order valence-electron chi connectivity index (χ0n) is 11.2. The van der Waals surface area contributed by atoms with Crippen LogP contribution in [-0.2, 0) is 6.54 Å². The molecule has 0 aliphatic carbocycles. The zero-order chi connectivity index (χ0) is 14.4. The van der Waals surface area contributed by atoms with Crippen molar-refractivity contribution < 1.29 is 4.42 Å². The third-order valence-corrected chi connectivity index (χ3v) is 4.17. The fraction of sp³-hybridized carbons (Fsp3) is 0.133. The summed E-state index contributed by atoms with van der Waals surface area (Å²) < 4.78 is 7.18. The first-order chi connectivity index (χ1) is 10.2. The van der Waals surface area contributed by atoms with Gasteiger partial charge >= 0.3 is 0 Å². The monoisotopic (exact) mass is 297 g/mol. The predicted octanol–water partition coefficient (Wildman–Crippen LogP) is 2.96. The maximum absolute atomic E-state index is 12.5. The summed E-state index contributed by atoms with van der Waals surface area (Å²) in [7, 11) is 0. The zero-order valence-corrected chi connectivity index (χ0v) is 12.1. The summed E-state index contributed by atoms with van der Waals surface area (Å²) in [5, 5.41) is 3.79. The van der Waals surface area contributed by atoms with Crippen molar-refractivity contribution >= 4 is 33.4 Å². The topological polar surface area (TPSA) is 60.9 Å². The Labute approximate surface area is 123 Å². The van der Waals surface area contributed by atoms with E-state index in [0.29, 0.717) is 23.2 Å². The highest BCUT2D eigenvalue weighted by atomic mass is 32.1. The molecule has 0 fully saturated rings. The SMILES string of the molecule is Cc1nc(Cn2cnc3c(oc4ccccc43)c2=O)cs1. The summed E-state index contributed by atoms with van der Waals surface area (Å²) in [5.41, 5.74) is 2.27. The molecule has 0 spiro atoms. The molecule has 4 rings (SSSR count). The average Bonchev–Trinajstić information content (AvgIpc) is 3.06. The van der Waals surface area contributed by atoms with E-state index in [4.69, 9.17) is 4.42 Å². The molecule has 1 aromatic carbocycles. The van der Waals surface area contributed by atoms with E-state index < -0.39 is 0 Å². The van der Waals surface area contributed by atoms with Gasteiger partial charge in [-0.3, -0.25) is 9.36 Å². The van der Waals surface area contributed by atoms with E-state index in [2.05, 4.69) is 9.97 Å². The molecule has 5 nitrogen and oxygen atoms in total. The molecular weight excluding hydrogens is 286 g/mol. The second-order valence-corrected chi connectivity index (χ2v) is 5.87. The molecule has 0 bridgehead atoms. The lowest BCUT2D eigenvalue weighted by molar-refractivity contribution is 0.640. The molecule has 4 aromatic rings. The van der Waals surface area contributed by atoms with Crippen LogP contribution < -0.4 is 5.56 Å². The number of aryl methyl sites for hydroxylation is 1. The van der Waals surface area contributed by atoms with Crippen molar-refractivity contribution in [2.75, 3.05) is 0 Å². The van der Waals surface area contributed by atoms with Crippen LogP contribution in [0.5, 0.6) is 0 Å². The molecule has 0 saturated heterocycles. The number of fused-ring (bicyclic) bond motifs is 3. The number of hydrogen-bond donors (Lipinski definition) is 0.